The predicted molar refractivity (Wildman–Crippen MR) is 125 cm³/mol. The predicted octanol–water partition coefficient (Wildman–Crippen LogP) is 2.83. The molecule has 1 aromatic carbocycles. The van der Waals surface area contributed by atoms with Gasteiger partial charge in [0.1, 0.15) is 0 Å². The molecule has 0 aliphatic carbocycles. The molecule has 1 aliphatic heterocycles. The van der Waals surface area contributed by atoms with Gasteiger partial charge >= 0.3 is 0 Å². The number of hydrogen-bond donors (Lipinski definition) is 3. The molecular formula is C19H31IN4O2S. The maximum absolute atomic E-state index is 12.1. The molecule has 0 saturated carbocycles. The van der Waals surface area contributed by atoms with Crippen LogP contribution in [0.3, 0.4) is 0 Å². The van der Waals surface area contributed by atoms with Crippen LogP contribution in [0.15, 0.2) is 29.3 Å². The number of aliphatic imine (C=N–C) groups is 1. The lowest BCUT2D eigenvalue weighted by Gasteiger charge is -2.24. The zero-order chi connectivity index (χ0) is 19.2. The van der Waals surface area contributed by atoms with Gasteiger partial charge in [-0.1, -0.05) is 18.2 Å². The highest BCUT2D eigenvalue weighted by molar-refractivity contribution is 14.0. The van der Waals surface area contributed by atoms with Crippen molar-refractivity contribution in [2.24, 2.45) is 4.99 Å². The van der Waals surface area contributed by atoms with Crippen LogP contribution in [0, 0.1) is 0 Å². The van der Waals surface area contributed by atoms with Crippen molar-refractivity contribution >= 4 is 52.3 Å². The number of rotatable bonds is 6. The van der Waals surface area contributed by atoms with E-state index in [1.807, 2.05) is 52.0 Å². The van der Waals surface area contributed by atoms with Gasteiger partial charge in [0, 0.05) is 52.4 Å². The van der Waals surface area contributed by atoms with E-state index in [9.17, 15) is 9.00 Å². The summed E-state index contributed by atoms with van der Waals surface area (Å²) in [4.78, 5) is 16.6. The fourth-order valence-corrected chi connectivity index (χ4v) is 3.68. The highest BCUT2D eigenvalue weighted by Gasteiger charge is 2.24. The molecule has 0 spiro atoms. The SMILES string of the molecule is CCNC(=NCC1CC(=O)Nc2ccccc21)NCCS(=O)C(C)(C)C.I. The Morgan fingerprint density at radius 2 is 2.00 bits per heavy atom. The zero-order valence-electron chi connectivity index (χ0n) is 16.5. The number of nitrogens with one attached hydrogen (secondary N) is 3. The zero-order valence-corrected chi connectivity index (χ0v) is 19.6. The molecular weight excluding hydrogens is 475 g/mol. The van der Waals surface area contributed by atoms with Gasteiger partial charge in [-0.25, -0.2) is 0 Å². The summed E-state index contributed by atoms with van der Waals surface area (Å²) < 4.78 is 11.9. The minimum absolute atomic E-state index is 0. The van der Waals surface area contributed by atoms with E-state index in [4.69, 9.17) is 0 Å². The van der Waals surface area contributed by atoms with E-state index < -0.39 is 10.8 Å². The van der Waals surface area contributed by atoms with Gasteiger partial charge in [-0.2, -0.15) is 0 Å². The number of halogens is 1. The average molecular weight is 506 g/mol. The lowest BCUT2D eigenvalue weighted by atomic mass is 9.91. The summed E-state index contributed by atoms with van der Waals surface area (Å²) >= 11 is 0. The van der Waals surface area contributed by atoms with E-state index in [1.165, 1.54) is 0 Å². The van der Waals surface area contributed by atoms with E-state index in [2.05, 4.69) is 20.9 Å². The van der Waals surface area contributed by atoms with Crippen molar-refractivity contribution in [1.82, 2.24) is 10.6 Å². The molecule has 1 amide bonds. The molecule has 1 aliphatic rings. The van der Waals surface area contributed by atoms with Crippen LogP contribution in [0.5, 0.6) is 0 Å². The normalized spacial score (nSPS) is 18.0. The van der Waals surface area contributed by atoms with Crippen LogP contribution in [-0.2, 0) is 15.6 Å². The Morgan fingerprint density at radius 1 is 1.30 bits per heavy atom. The summed E-state index contributed by atoms with van der Waals surface area (Å²) in [5.41, 5.74) is 2.00. The molecule has 27 heavy (non-hydrogen) atoms. The Labute approximate surface area is 181 Å². The number of amides is 1. The number of guanidine groups is 1. The van der Waals surface area contributed by atoms with E-state index >= 15 is 0 Å². The highest BCUT2D eigenvalue weighted by atomic mass is 127. The first kappa shape index (κ1) is 23.9. The molecule has 2 rings (SSSR count). The first-order valence-electron chi connectivity index (χ1n) is 9.10. The molecule has 6 nitrogen and oxygen atoms in total. The number of nitrogens with zero attached hydrogens (tertiary/aromatic N) is 1. The molecule has 0 bridgehead atoms. The van der Waals surface area contributed by atoms with Crippen LogP contribution in [-0.4, -0.2) is 46.2 Å². The topological polar surface area (TPSA) is 82.6 Å². The largest absolute Gasteiger partial charge is 0.357 e. The van der Waals surface area contributed by atoms with Crippen LogP contribution < -0.4 is 16.0 Å². The molecule has 0 saturated heterocycles. The molecule has 0 fully saturated rings. The standard InChI is InChI=1S/C19H30N4O2S.HI/c1-5-20-18(21-10-11-26(25)19(2,3)4)22-13-14-12-17(24)23-16-9-7-6-8-15(14)16;/h6-9,14H,5,10-13H2,1-4H3,(H,23,24)(H2,20,21,22);1H. The molecule has 0 radical (unpaired) electrons. The first-order valence-corrected chi connectivity index (χ1v) is 10.4. The van der Waals surface area contributed by atoms with Crippen molar-refractivity contribution in [3.05, 3.63) is 29.8 Å². The monoisotopic (exact) mass is 506 g/mol. The van der Waals surface area contributed by atoms with E-state index in [1.54, 1.807) is 0 Å². The molecule has 8 heteroatoms. The number of hydrogen-bond acceptors (Lipinski definition) is 3. The fraction of sp³-hybridized carbons (Fsp3) is 0.579. The van der Waals surface area contributed by atoms with Crippen molar-refractivity contribution in [1.29, 1.82) is 0 Å². The number of para-hydroxylation sites is 1. The van der Waals surface area contributed by atoms with Gasteiger partial charge in [0.25, 0.3) is 0 Å². The second kappa shape index (κ2) is 11.0. The van der Waals surface area contributed by atoms with Gasteiger partial charge in [-0.05, 0) is 39.3 Å². The summed E-state index contributed by atoms with van der Waals surface area (Å²) in [5.74, 6) is 1.37. The number of carbonyl (C=O) groups is 1. The number of anilines is 1. The minimum atomic E-state index is -0.899. The maximum Gasteiger partial charge on any atom is 0.225 e. The van der Waals surface area contributed by atoms with Gasteiger partial charge in [-0.15, -0.1) is 24.0 Å². The molecule has 1 heterocycles. The van der Waals surface area contributed by atoms with Gasteiger partial charge in [0.2, 0.25) is 5.91 Å². The highest BCUT2D eigenvalue weighted by Crippen LogP contribution is 2.31. The minimum Gasteiger partial charge on any atom is -0.357 e. The quantitative estimate of drug-likeness (QED) is 0.315. The Morgan fingerprint density at radius 3 is 2.67 bits per heavy atom. The Hall–Kier alpha value is -1.16. The third-order valence-corrected chi connectivity index (χ3v) is 6.12. The van der Waals surface area contributed by atoms with E-state index in [0.29, 0.717) is 31.2 Å². The lowest BCUT2D eigenvalue weighted by molar-refractivity contribution is -0.116. The van der Waals surface area contributed by atoms with Crippen LogP contribution in [0.25, 0.3) is 0 Å². The molecule has 1 aromatic rings. The fourth-order valence-electron chi connectivity index (χ4n) is 2.78. The van der Waals surface area contributed by atoms with Crippen molar-refractivity contribution in [3.8, 4) is 0 Å². The van der Waals surface area contributed by atoms with Crippen LogP contribution >= 0.6 is 24.0 Å². The van der Waals surface area contributed by atoms with Crippen molar-refractivity contribution < 1.29 is 9.00 Å². The molecule has 152 valence electrons. The Balaban J connectivity index is 0.00000364. The summed E-state index contributed by atoms with van der Waals surface area (Å²) in [6.45, 7) is 9.82. The third kappa shape index (κ3) is 7.40. The molecule has 0 aromatic heterocycles. The van der Waals surface area contributed by atoms with Gasteiger partial charge < -0.3 is 16.0 Å². The molecule has 2 atom stereocenters. The number of carbonyl (C=O) groups excluding carboxylic acids is 1. The summed E-state index contributed by atoms with van der Waals surface area (Å²) in [6.07, 6.45) is 0.438. The van der Waals surface area contributed by atoms with Gasteiger partial charge in [0.15, 0.2) is 5.96 Å². The molecule has 3 N–H and O–H groups in total. The van der Waals surface area contributed by atoms with Crippen molar-refractivity contribution in [2.75, 3.05) is 30.7 Å². The van der Waals surface area contributed by atoms with Crippen LogP contribution in [0.4, 0.5) is 5.69 Å². The first-order chi connectivity index (χ1) is 12.3. The van der Waals surface area contributed by atoms with E-state index in [-0.39, 0.29) is 40.5 Å². The van der Waals surface area contributed by atoms with Crippen molar-refractivity contribution in [3.63, 3.8) is 0 Å². The molecule has 2 unspecified atom stereocenters. The summed E-state index contributed by atoms with van der Waals surface area (Å²) in [5, 5.41) is 9.36. The smallest absolute Gasteiger partial charge is 0.225 e. The number of benzene rings is 1. The van der Waals surface area contributed by atoms with Gasteiger partial charge in [0.05, 0.1) is 6.54 Å². The average Bonchev–Trinajstić information content (AvgIpc) is 2.58. The lowest BCUT2D eigenvalue weighted by Crippen LogP contribution is -2.40. The second-order valence-electron chi connectivity index (χ2n) is 7.34. The Kier molecular flexibility index (Phi) is 9.72. The third-order valence-electron chi connectivity index (χ3n) is 4.18. The summed E-state index contributed by atoms with van der Waals surface area (Å²) in [7, 11) is -0.899. The second-order valence-corrected chi connectivity index (χ2v) is 9.67. The Bertz CT molecular complexity index is 689. The maximum atomic E-state index is 12.1. The van der Waals surface area contributed by atoms with Crippen molar-refractivity contribution in [2.45, 2.75) is 44.8 Å². The summed E-state index contributed by atoms with van der Waals surface area (Å²) in [6, 6.07) is 7.88. The van der Waals surface area contributed by atoms with E-state index in [0.717, 1.165) is 17.8 Å². The van der Waals surface area contributed by atoms with Gasteiger partial charge in [-0.3, -0.25) is 14.0 Å². The number of fused-ring (bicyclic) bond motifs is 1. The van der Waals surface area contributed by atoms with Crippen LogP contribution in [0.2, 0.25) is 0 Å². The van der Waals surface area contributed by atoms with Crippen LogP contribution in [0.1, 0.15) is 45.6 Å².